The molecule has 0 N–H and O–H groups in total. The Morgan fingerprint density at radius 2 is 1.92 bits per heavy atom. The Hall–Kier alpha value is -2.14. The van der Waals surface area contributed by atoms with E-state index < -0.39 is 0 Å². The van der Waals surface area contributed by atoms with Gasteiger partial charge in [-0.3, -0.25) is 9.48 Å². The van der Waals surface area contributed by atoms with Crippen molar-refractivity contribution in [2.45, 2.75) is 45.2 Å². The summed E-state index contributed by atoms with van der Waals surface area (Å²) in [7, 11) is 2.16. The number of amides is 1. The maximum atomic E-state index is 13.4. The highest BCUT2D eigenvalue weighted by Crippen LogP contribution is 2.19. The second kappa shape index (κ2) is 8.99. The fourth-order valence-corrected chi connectivity index (χ4v) is 3.70. The lowest BCUT2D eigenvalue weighted by atomic mass is 10.0. The van der Waals surface area contributed by atoms with Gasteiger partial charge in [0.05, 0.1) is 0 Å². The minimum atomic E-state index is 0.126. The van der Waals surface area contributed by atoms with Crippen molar-refractivity contribution >= 4 is 5.91 Å². The predicted molar refractivity (Wildman–Crippen MR) is 104 cm³/mol. The van der Waals surface area contributed by atoms with E-state index in [-0.39, 0.29) is 5.91 Å². The summed E-state index contributed by atoms with van der Waals surface area (Å²) in [6.45, 7) is 5.75. The van der Waals surface area contributed by atoms with E-state index in [4.69, 9.17) is 0 Å². The van der Waals surface area contributed by atoms with Gasteiger partial charge < -0.3 is 9.80 Å². The number of hydrogen-bond donors (Lipinski definition) is 0. The van der Waals surface area contributed by atoms with E-state index in [1.807, 2.05) is 16.8 Å². The Balaban J connectivity index is 1.77. The molecular formula is C21H30N4O. The minimum Gasteiger partial charge on any atom is -0.334 e. The third-order valence-electron chi connectivity index (χ3n) is 5.24. The Kier molecular flexibility index (Phi) is 6.45. The molecule has 0 atom stereocenters. The Bertz CT molecular complexity index is 689. The molecule has 0 saturated carbocycles. The number of benzene rings is 1. The summed E-state index contributed by atoms with van der Waals surface area (Å²) < 4.78 is 1.85. The first-order valence-corrected chi connectivity index (χ1v) is 9.74. The number of aryl methyl sites for hydroxylation is 1. The third kappa shape index (κ3) is 4.52. The van der Waals surface area contributed by atoms with Gasteiger partial charge in [0.1, 0.15) is 5.69 Å². The number of carbonyl (C=O) groups is 1. The number of aromatic nitrogens is 2. The summed E-state index contributed by atoms with van der Waals surface area (Å²) in [6, 6.07) is 12.6. The van der Waals surface area contributed by atoms with Crippen molar-refractivity contribution in [2.24, 2.45) is 0 Å². The van der Waals surface area contributed by atoms with Crippen LogP contribution in [-0.2, 0) is 13.0 Å². The number of carbonyl (C=O) groups excluding carboxylic acids is 1. The van der Waals surface area contributed by atoms with Gasteiger partial charge in [-0.25, -0.2) is 0 Å². The molecule has 1 aliphatic rings. The second-order valence-corrected chi connectivity index (χ2v) is 7.21. The van der Waals surface area contributed by atoms with Gasteiger partial charge in [0.25, 0.3) is 5.91 Å². The molecule has 1 aromatic heterocycles. The van der Waals surface area contributed by atoms with E-state index in [9.17, 15) is 4.79 Å². The molecule has 1 amide bonds. The summed E-state index contributed by atoms with van der Waals surface area (Å²) in [5.74, 6) is 0.126. The molecular weight excluding hydrogens is 324 g/mol. The molecule has 2 aromatic rings. The summed E-state index contributed by atoms with van der Waals surface area (Å²) in [6.07, 6.45) is 5.69. The minimum absolute atomic E-state index is 0.126. The molecule has 1 aliphatic heterocycles. The van der Waals surface area contributed by atoms with Crippen LogP contribution in [0.2, 0.25) is 0 Å². The molecule has 0 unspecified atom stereocenters. The monoisotopic (exact) mass is 354 g/mol. The van der Waals surface area contributed by atoms with Crippen molar-refractivity contribution in [3.8, 4) is 0 Å². The fourth-order valence-electron chi connectivity index (χ4n) is 3.70. The lowest BCUT2D eigenvalue weighted by Gasteiger charge is -2.37. The van der Waals surface area contributed by atoms with Gasteiger partial charge in [0.15, 0.2) is 0 Å². The molecule has 3 rings (SSSR count). The van der Waals surface area contributed by atoms with Crippen LogP contribution in [0.4, 0.5) is 0 Å². The maximum absolute atomic E-state index is 13.4. The first kappa shape index (κ1) is 18.6. The van der Waals surface area contributed by atoms with Gasteiger partial charge in [-0.1, -0.05) is 37.3 Å². The number of piperidine rings is 1. The van der Waals surface area contributed by atoms with Crippen LogP contribution in [0.5, 0.6) is 0 Å². The van der Waals surface area contributed by atoms with E-state index in [0.717, 1.165) is 57.6 Å². The summed E-state index contributed by atoms with van der Waals surface area (Å²) in [5.41, 5.74) is 2.00. The number of nitrogens with zero attached hydrogens (tertiary/aromatic N) is 4. The lowest BCUT2D eigenvalue weighted by molar-refractivity contribution is 0.0582. The molecule has 0 bridgehead atoms. The zero-order chi connectivity index (χ0) is 18.4. The number of likely N-dealkylation sites (tertiary alicyclic amines) is 1. The highest BCUT2D eigenvalue weighted by molar-refractivity contribution is 5.92. The van der Waals surface area contributed by atoms with Crippen LogP contribution in [-0.4, -0.2) is 58.2 Å². The van der Waals surface area contributed by atoms with Crippen LogP contribution < -0.4 is 0 Å². The molecule has 26 heavy (non-hydrogen) atoms. The molecule has 0 aliphatic carbocycles. The molecule has 1 aromatic carbocycles. The molecule has 1 saturated heterocycles. The van der Waals surface area contributed by atoms with Gasteiger partial charge in [0.2, 0.25) is 0 Å². The predicted octanol–water partition coefficient (Wildman–Crippen LogP) is 3.07. The fraction of sp³-hybridized carbons (Fsp3) is 0.524. The van der Waals surface area contributed by atoms with Gasteiger partial charge >= 0.3 is 0 Å². The highest BCUT2D eigenvalue weighted by Gasteiger charge is 2.29. The van der Waals surface area contributed by atoms with E-state index in [1.54, 1.807) is 6.20 Å². The van der Waals surface area contributed by atoms with Crippen molar-refractivity contribution in [1.29, 1.82) is 0 Å². The average molecular weight is 354 g/mol. The Morgan fingerprint density at radius 1 is 1.19 bits per heavy atom. The van der Waals surface area contributed by atoms with E-state index in [1.165, 1.54) is 5.56 Å². The molecule has 2 heterocycles. The van der Waals surface area contributed by atoms with Crippen LogP contribution in [0.1, 0.15) is 42.2 Å². The summed E-state index contributed by atoms with van der Waals surface area (Å²) in [5, 5.41) is 4.35. The van der Waals surface area contributed by atoms with Gasteiger partial charge in [-0.15, -0.1) is 0 Å². The van der Waals surface area contributed by atoms with Gasteiger partial charge in [0, 0.05) is 25.3 Å². The highest BCUT2D eigenvalue weighted by atomic mass is 16.2. The van der Waals surface area contributed by atoms with E-state index >= 15 is 0 Å². The average Bonchev–Trinajstić information content (AvgIpc) is 3.12. The molecule has 5 nitrogen and oxygen atoms in total. The smallest absolute Gasteiger partial charge is 0.272 e. The van der Waals surface area contributed by atoms with Crippen molar-refractivity contribution in [2.75, 3.05) is 26.7 Å². The van der Waals surface area contributed by atoms with Gasteiger partial charge in [-0.2, -0.15) is 5.10 Å². The van der Waals surface area contributed by atoms with Crippen molar-refractivity contribution in [3.63, 3.8) is 0 Å². The van der Waals surface area contributed by atoms with Crippen molar-refractivity contribution < 1.29 is 4.79 Å². The lowest BCUT2D eigenvalue weighted by Crippen LogP contribution is -2.47. The molecule has 5 heteroatoms. The summed E-state index contributed by atoms with van der Waals surface area (Å²) in [4.78, 5) is 17.8. The Labute approximate surface area is 156 Å². The van der Waals surface area contributed by atoms with Crippen LogP contribution in [0.25, 0.3) is 0 Å². The Morgan fingerprint density at radius 3 is 2.62 bits per heavy atom. The second-order valence-electron chi connectivity index (χ2n) is 7.21. The molecule has 0 radical (unpaired) electrons. The first-order valence-electron chi connectivity index (χ1n) is 9.74. The molecule has 1 fully saturated rings. The van der Waals surface area contributed by atoms with Crippen molar-refractivity contribution in [1.82, 2.24) is 19.6 Å². The number of hydrogen-bond acceptors (Lipinski definition) is 3. The van der Waals surface area contributed by atoms with Crippen LogP contribution in [0.3, 0.4) is 0 Å². The standard InChI is InChI=1S/C21H30N4O/c1-3-14-25-20(9-13-22-25)21(26)24(19-11-15-23(2)16-12-19)17-10-18-7-5-4-6-8-18/h4-9,13,19H,3,10-12,14-17H2,1-2H3. The maximum Gasteiger partial charge on any atom is 0.272 e. The third-order valence-corrected chi connectivity index (χ3v) is 5.24. The normalized spacial score (nSPS) is 15.9. The van der Waals surface area contributed by atoms with E-state index in [2.05, 4.69) is 53.1 Å². The van der Waals surface area contributed by atoms with Crippen LogP contribution in [0.15, 0.2) is 42.6 Å². The zero-order valence-electron chi connectivity index (χ0n) is 16.0. The first-order chi connectivity index (χ1) is 12.7. The van der Waals surface area contributed by atoms with Crippen molar-refractivity contribution in [3.05, 3.63) is 53.9 Å². The summed E-state index contributed by atoms with van der Waals surface area (Å²) >= 11 is 0. The van der Waals surface area contributed by atoms with Gasteiger partial charge in [-0.05, 0) is 57.5 Å². The molecule has 140 valence electrons. The van der Waals surface area contributed by atoms with E-state index in [0.29, 0.717) is 6.04 Å². The van der Waals surface area contributed by atoms with Crippen LogP contribution >= 0.6 is 0 Å². The quantitative estimate of drug-likeness (QED) is 0.767. The molecule has 0 spiro atoms. The largest absolute Gasteiger partial charge is 0.334 e. The number of rotatable bonds is 7. The SMILES string of the molecule is CCCn1nccc1C(=O)N(CCc1ccccc1)C1CCN(C)CC1. The zero-order valence-corrected chi connectivity index (χ0v) is 16.0. The van der Waals surface area contributed by atoms with Crippen LogP contribution in [0, 0.1) is 0 Å². The topological polar surface area (TPSA) is 41.4 Å².